The van der Waals surface area contributed by atoms with Crippen molar-refractivity contribution in [3.8, 4) is 5.75 Å². The van der Waals surface area contributed by atoms with E-state index in [2.05, 4.69) is 4.90 Å². The van der Waals surface area contributed by atoms with Gasteiger partial charge in [-0.2, -0.15) is 0 Å². The van der Waals surface area contributed by atoms with Crippen LogP contribution in [0.25, 0.3) is 0 Å². The van der Waals surface area contributed by atoms with Crippen LogP contribution in [0.15, 0.2) is 24.3 Å². The van der Waals surface area contributed by atoms with Gasteiger partial charge < -0.3 is 19.1 Å². The Morgan fingerprint density at radius 1 is 1.15 bits per heavy atom. The van der Waals surface area contributed by atoms with Gasteiger partial charge in [0.2, 0.25) is 0 Å². The minimum atomic E-state index is -0.510. The van der Waals surface area contributed by atoms with Crippen LogP contribution in [0.4, 0.5) is 0 Å². The second kappa shape index (κ2) is 9.14. The Balaban J connectivity index is 1.57. The molecule has 0 unspecified atom stereocenters. The molecule has 0 bridgehead atoms. The lowest BCUT2D eigenvalue weighted by Crippen LogP contribution is -2.42. The maximum absolute atomic E-state index is 8.27. The second-order valence-corrected chi connectivity index (χ2v) is 7.03. The van der Waals surface area contributed by atoms with Crippen LogP contribution < -0.4 is 4.74 Å². The number of ether oxygens (including phenoxy) is 3. The third-order valence-electron chi connectivity index (χ3n) is 5.45. The van der Waals surface area contributed by atoms with Crippen molar-refractivity contribution in [2.45, 2.75) is 37.5 Å². The van der Waals surface area contributed by atoms with E-state index < -0.39 is 5.41 Å². The van der Waals surface area contributed by atoms with Gasteiger partial charge in [0.25, 0.3) is 0 Å². The van der Waals surface area contributed by atoms with E-state index in [9.17, 15) is 0 Å². The van der Waals surface area contributed by atoms with Crippen molar-refractivity contribution in [1.82, 2.24) is 4.90 Å². The number of benzene rings is 1. The molecule has 26 heavy (non-hydrogen) atoms. The molecule has 0 aliphatic carbocycles. The van der Waals surface area contributed by atoms with Gasteiger partial charge in [-0.25, -0.2) is 0 Å². The van der Waals surface area contributed by atoms with E-state index in [1.807, 2.05) is 24.3 Å². The van der Waals surface area contributed by atoms with E-state index in [-0.39, 0.29) is 5.90 Å². The molecule has 142 valence electrons. The van der Waals surface area contributed by atoms with Gasteiger partial charge in [0.15, 0.2) is 12.3 Å². The topological polar surface area (TPSA) is 78.6 Å². The van der Waals surface area contributed by atoms with Gasteiger partial charge in [0.1, 0.15) is 5.75 Å². The van der Waals surface area contributed by atoms with Crippen molar-refractivity contribution in [2.24, 2.45) is 0 Å². The molecular formula is C20H29N3O3. The van der Waals surface area contributed by atoms with Crippen molar-refractivity contribution in [3.05, 3.63) is 29.8 Å². The Kier molecular flexibility index (Phi) is 6.63. The zero-order valence-corrected chi connectivity index (χ0v) is 15.3. The van der Waals surface area contributed by atoms with Crippen molar-refractivity contribution in [1.29, 1.82) is 10.8 Å². The maximum atomic E-state index is 8.27. The van der Waals surface area contributed by atoms with Crippen molar-refractivity contribution < 1.29 is 14.2 Å². The van der Waals surface area contributed by atoms with Crippen LogP contribution >= 0.6 is 0 Å². The summed E-state index contributed by atoms with van der Waals surface area (Å²) in [5.41, 5.74) is 0.515. The molecule has 6 heteroatoms. The molecule has 2 aliphatic heterocycles. The monoisotopic (exact) mass is 359 g/mol. The van der Waals surface area contributed by atoms with E-state index in [0.29, 0.717) is 26.1 Å². The van der Waals surface area contributed by atoms with E-state index >= 15 is 0 Å². The summed E-state index contributed by atoms with van der Waals surface area (Å²) in [5.74, 6) is 0.979. The van der Waals surface area contributed by atoms with Crippen LogP contribution in [0.3, 0.4) is 0 Å². The highest BCUT2D eigenvalue weighted by Gasteiger charge is 2.40. The minimum absolute atomic E-state index is 0.120. The van der Waals surface area contributed by atoms with Gasteiger partial charge >= 0.3 is 0 Å². The molecule has 0 amide bonds. The fourth-order valence-electron chi connectivity index (χ4n) is 3.89. The van der Waals surface area contributed by atoms with Gasteiger partial charge in [-0.1, -0.05) is 12.1 Å². The number of likely N-dealkylation sites (tertiary alicyclic amines) is 1. The predicted molar refractivity (Wildman–Crippen MR) is 102 cm³/mol. The molecule has 0 aromatic heterocycles. The zero-order valence-electron chi connectivity index (χ0n) is 15.3. The predicted octanol–water partition coefficient (Wildman–Crippen LogP) is 3.20. The molecule has 1 aromatic rings. The first-order valence-corrected chi connectivity index (χ1v) is 9.53. The minimum Gasteiger partial charge on any atom is -0.494 e. The molecule has 0 saturated carbocycles. The summed E-state index contributed by atoms with van der Waals surface area (Å²) in [6.07, 6.45) is 5.90. The Labute approximate surface area is 155 Å². The number of nitrogens with zero attached hydrogens (tertiary/aromatic N) is 1. The quantitative estimate of drug-likeness (QED) is 0.424. The second-order valence-electron chi connectivity index (χ2n) is 7.03. The average molecular weight is 359 g/mol. The molecule has 3 rings (SSSR count). The normalized spacial score (nSPS) is 19.8. The fourth-order valence-corrected chi connectivity index (χ4v) is 3.89. The Bertz CT molecular complexity index is 591. The summed E-state index contributed by atoms with van der Waals surface area (Å²) in [5, 5.41) is 15.4. The molecule has 2 aliphatic rings. The molecular weight excluding hydrogens is 330 g/mol. The van der Waals surface area contributed by atoms with Crippen LogP contribution in [0.2, 0.25) is 0 Å². The van der Waals surface area contributed by atoms with Gasteiger partial charge in [-0.05, 0) is 62.9 Å². The Morgan fingerprint density at radius 3 is 2.50 bits per heavy atom. The smallest absolute Gasteiger partial charge is 0.199 e. The highest BCUT2D eigenvalue weighted by atomic mass is 16.5. The average Bonchev–Trinajstić information content (AvgIpc) is 3.20. The highest BCUT2D eigenvalue weighted by molar-refractivity contribution is 5.90. The van der Waals surface area contributed by atoms with Crippen LogP contribution in [-0.4, -0.2) is 56.7 Å². The summed E-state index contributed by atoms with van der Waals surface area (Å²) < 4.78 is 16.5. The molecule has 0 spiro atoms. The molecule has 2 fully saturated rings. The third-order valence-corrected chi connectivity index (χ3v) is 5.45. The van der Waals surface area contributed by atoms with Crippen molar-refractivity contribution >= 4 is 12.3 Å². The third kappa shape index (κ3) is 4.43. The highest BCUT2D eigenvalue weighted by Crippen LogP contribution is 2.37. The molecule has 2 saturated heterocycles. The first-order chi connectivity index (χ1) is 12.7. The van der Waals surface area contributed by atoms with Gasteiger partial charge in [0, 0.05) is 19.8 Å². The Morgan fingerprint density at radius 2 is 1.85 bits per heavy atom. The molecule has 0 atom stereocenters. The van der Waals surface area contributed by atoms with Crippen LogP contribution in [-0.2, 0) is 14.9 Å². The van der Waals surface area contributed by atoms with Crippen LogP contribution in [0.5, 0.6) is 5.75 Å². The molecule has 2 heterocycles. The molecule has 1 aromatic carbocycles. The van der Waals surface area contributed by atoms with E-state index in [0.717, 1.165) is 37.3 Å². The molecule has 2 N–H and O–H groups in total. The standard InChI is InChI=1S/C20H29N3O3/c21-16-26-19(22)20(8-14-24-15-9-20)17-4-6-18(7-5-17)25-13-3-12-23-10-1-2-11-23/h4-7,16,21-22H,1-3,8-15H2. The summed E-state index contributed by atoms with van der Waals surface area (Å²) in [6.45, 7) is 5.48. The first-order valence-electron chi connectivity index (χ1n) is 9.53. The molecule has 6 nitrogen and oxygen atoms in total. The molecule has 0 radical (unpaired) electrons. The number of hydrogen-bond donors (Lipinski definition) is 2. The lowest BCUT2D eigenvalue weighted by atomic mass is 9.74. The van der Waals surface area contributed by atoms with Crippen molar-refractivity contribution in [3.63, 3.8) is 0 Å². The largest absolute Gasteiger partial charge is 0.494 e. The van der Waals surface area contributed by atoms with Gasteiger partial charge in [-0.15, -0.1) is 0 Å². The van der Waals surface area contributed by atoms with Gasteiger partial charge in [0.05, 0.1) is 12.0 Å². The fraction of sp³-hybridized carbons (Fsp3) is 0.600. The van der Waals surface area contributed by atoms with Crippen molar-refractivity contribution in [2.75, 3.05) is 39.5 Å². The summed E-state index contributed by atoms with van der Waals surface area (Å²) in [4.78, 5) is 2.50. The van der Waals surface area contributed by atoms with E-state index in [4.69, 9.17) is 25.0 Å². The van der Waals surface area contributed by atoms with Gasteiger partial charge in [-0.3, -0.25) is 10.8 Å². The summed E-state index contributed by atoms with van der Waals surface area (Å²) in [7, 11) is 0. The summed E-state index contributed by atoms with van der Waals surface area (Å²) in [6, 6.07) is 7.98. The number of hydrogen-bond acceptors (Lipinski definition) is 6. The van der Waals surface area contributed by atoms with Crippen LogP contribution in [0.1, 0.15) is 37.7 Å². The Hall–Kier alpha value is -1.92. The number of nitrogens with one attached hydrogen (secondary N) is 2. The lowest BCUT2D eigenvalue weighted by molar-refractivity contribution is 0.0661. The first kappa shape index (κ1) is 18.9. The summed E-state index contributed by atoms with van der Waals surface area (Å²) >= 11 is 0. The lowest BCUT2D eigenvalue weighted by Gasteiger charge is -2.36. The van der Waals surface area contributed by atoms with E-state index in [1.165, 1.54) is 25.9 Å². The SMILES string of the molecule is N=COC(=N)C1(c2ccc(OCCCN3CCCC3)cc2)CCOCC1. The van der Waals surface area contributed by atoms with Crippen LogP contribution in [0, 0.1) is 10.8 Å². The van der Waals surface area contributed by atoms with E-state index in [1.54, 1.807) is 0 Å². The zero-order chi connectivity index (χ0) is 18.2. The number of rotatable bonds is 8. The maximum Gasteiger partial charge on any atom is 0.199 e.